The molecule has 0 saturated carbocycles. The van der Waals surface area contributed by atoms with Gasteiger partial charge in [-0.15, -0.1) is 0 Å². The summed E-state index contributed by atoms with van der Waals surface area (Å²) in [5.74, 6) is 0.560. The molecule has 1 aromatic rings. The van der Waals surface area contributed by atoms with Crippen molar-refractivity contribution >= 4 is 5.82 Å². The van der Waals surface area contributed by atoms with Crippen molar-refractivity contribution in [3.8, 4) is 0 Å². The number of fused-ring (bicyclic) bond motifs is 1. The third-order valence-electron chi connectivity index (χ3n) is 3.58. The Bertz CT molecular complexity index is 640. The van der Waals surface area contributed by atoms with Gasteiger partial charge in [-0.25, -0.2) is 4.79 Å². The Morgan fingerprint density at radius 2 is 2.10 bits per heavy atom. The van der Waals surface area contributed by atoms with Crippen LogP contribution in [-0.2, 0) is 20.0 Å². The number of rotatable bonds is 5. The zero-order chi connectivity index (χ0) is 14.9. The first-order chi connectivity index (χ1) is 9.41. The van der Waals surface area contributed by atoms with Crippen molar-refractivity contribution in [3.63, 3.8) is 0 Å². The van der Waals surface area contributed by atoms with Crippen molar-refractivity contribution in [3.05, 3.63) is 38.7 Å². The third-order valence-corrected chi connectivity index (χ3v) is 3.58. The smallest absolute Gasteiger partial charge is 0.332 e. The summed E-state index contributed by atoms with van der Waals surface area (Å²) >= 11 is 0. The van der Waals surface area contributed by atoms with Gasteiger partial charge in [-0.2, -0.15) is 0 Å². The number of aliphatic hydroxyl groups is 1. The molecule has 6 heteroatoms. The fraction of sp³-hybridized carbons (Fsp3) is 0.571. The van der Waals surface area contributed by atoms with Gasteiger partial charge in [-0.1, -0.05) is 6.58 Å². The van der Waals surface area contributed by atoms with Crippen molar-refractivity contribution in [1.29, 1.82) is 0 Å². The molecular formula is C14H21N3O3. The Hall–Kier alpha value is -1.82. The molecule has 1 atom stereocenters. The molecular weight excluding hydrogens is 258 g/mol. The number of nitrogens with zero attached hydrogens (tertiary/aromatic N) is 2. The summed E-state index contributed by atoms with van der Waals surface area (Å²) in [5.41, 5.74) is 0.797. The molecule has 1 aromatic heterocycles. The van der Waals surface area contributed by atoms with Crippen molar-refractivity contribution in [2.75, 3.05) is 5.32 Å². The molecule has 0 spiro atoms. The van der Waals surface area contributed by atoms with Crippen molar-refractivity contribution < 1.29 is 5.11 Å². The van der Waals surface area contributed by atoms with E-state index >= 15 is 0 Å². The lowest BCUT2D eigenvalue weighted by Gasteiger charge is -2.11. The van der Waals surface area contributed by atoms with Crippen LogP contribution in [-0.4, -0.2) is 20.3 Å². The zero-order valence-corrected chi connectivity index (χ0v) is 12.0. The normalized spacial score (nSPS) is 15.1. The summed E-state index contributed by atoms with van der Waals surface area (Å²) in [6.07, 6.45) is 2.29. The quantitative estimate of drug-likeness (QED) is 0.773. The van der Waals surface area contributed by atoms with E-state index in [-0.39, 0.29) is 17.4 Å². The molecule has 2 N–H and O–H groups in total. The second kappa shape index (κ2) is 5.66. The monoisotopic (exact) mass is 279 g/mol. The molecule has 0 amide bonds. The van der Waals surface area contributed by atoms with Crippen LogP contribution in [0, 0.1) is 0 Å². The largest absolute Gasteiger partial charge is 0.393 e. The number of aromatic nitrogens is 2. The van der Waals surface area contributed by atoms with E-state index in [4.69, 9.17) is 0 Å². The molecule has 6 nitrogen and oxygen atoms in total. The number of hydrogen-bond acceptors (Lipinski definition) is 4. The van der Waals surface area contributed by atoms with Crippen LogP contribution in [0.5, 0.6) is 0 Å². The van der Waals surface area contributed by atoms with Gasteiger partial charge in [0.05, 0.1) is 11.7 Å². The van der Waals surface area contributed by atoms with Gasteiger partial charge in [0.15, 0.2) is 0 Å². The Morgan fingerprint density at radius 3 is 2.75 bits per heavy atom. The van der Waals surface area contributed by atoms with Crippen LogP contribution in [0.2, 0.25) is 0 Å². The summed E-state index contributed by atoms with van der Waals surface area (Å²) in [5, 5.41) is 12.2. The first-order valence-electron chi connectivity index (χ1n) is 6.87. The van der Waals surface area contributed by atoms with Crippen molar-refractivity contribution in [2.24, 2.45) is 7.05 Å². The molecule has 0 unspecified atom stereocenters. The number of aliphatic hydroxyl groups excluding tert-OH is 1. The lowest BCUT2D eigenvalue weighted by Crippen LogP contribution is -2.40. The Kier molecular flexibility index (Phi) is 4.13. The van der Waals surface area contributed by atoms with Crippen LogP contribution in [0.1, 0.15) is 31.7 Å². The highest BCUT2D eigenvalue weighted by Crippen LogP contribution is 2.21. The number of nitrogens with one attached hydrogen (secondary N) is 1. The summed E-state index contributed by atoms with van der Waals surface area (Å²) in [7, 11) is 1.65. The Labute approximate surface area is 117 Å². The highest BCUT2D eigenvalue weighted by molar-refractivity contribution is 5.56. The third kappa shape index (κ3) is 2.70. The molecule has 2 heterocycles. The molecule has 20 heavy (non-hydrogen) atoms. The second-order valence-electron chi connectivity index (χ2n) is 5.38. The maximum absolute atomic E-state index is 12.3. The Morgan fingerprint density at radius 1 is 1.40 bits per heavy atom. The molecule has 0 aliphatic carbocycles. The standard InChI is InChI=1S/C14H21N3O3/c1-9-8-11-12(15-9)16(3)14(20)17(13(11)19)7-5-4-6-10(2)18/h10,15,18H,1,4-8H2,2-3H3/t10-/m1/s1. The molecule has 1 aliphatic heterocycles. The van der Waals surface area contributed by atoms with Crippen molar-refractivity contribution in [2.45, 2.75) is 45.3 Å². The van der Waals surface area contributed by atoms with E-state index in [2.05, 4.69) is 11.9 Å². The number of unbranched alkanes of at least 4 members (excludes halogenated alkanes) is 1. The minimum absolute atomic E-state index is 0.230. The van der Waals surface area contributed by atoms with Crippen LogP contribution in [0.3, 0.4) is 0 Å². The van der Waals surface area contributed by atoms with Gasteiger partial charge in [0.2, 0.25) is 0 Å². The first kappa shape index (κ1) is 14.6. The molecule has 0 aromatic carbocycles. The van der Waals surface area contributed by atoms with Gasteiger partial charge in [0.25, 0.3) is 5.56 Å². The lowest BCUT2D eigenvalue weighted by molar-refractivity contribution is 0.180. The number of hydrogen-bond donors (Lipinski definition) is 2. The summed E-state index contributed by atoms with van der Waals surface area (Å²) in [4.78, 5) is 24.5. The van der Waals surface area contributed by atoms with E-state index < -0.39 is 0 Å². The Balaban J connectivity index is 2.25. The number of allylic oxidation sites excluding steroid dienone is 1. The van der Waals surface area contributed by atoms with Crippen LogP contribution in [0.15, 0.2) is 21.9 Å². The van der Waals surface area contributed by atoms with Crippen LogP contribution < -0.4 is 16.6 Å². The molecule has 0 radical (unpaired) electrons. The van der Waals surface area contributed by atoms with E-state index in [9.17, 15) is 14.7 Å². The zero-order valence-electron chi connectivity index (χ0n) is 12.0. The SMILES string of the molecule is C=C1Cc2c(n(C)c(=O)n(CCCC[C@@H](C)O)c2=O)N1. The van der Waals surface area contributed by atoms with Gasteiger partial charge >= 0.3 is 5.69 Å². The fourth-order valence-corrected chi connectivity index (χ4v) is 2.48. The van der Waals surface area contributed by atoms with Crippen LogP contribution in [0.4, 0.5) is 5.82 Å². The first-order valence-corrected chi connectivity index (χ1v) is 6.87. The molecule has 0 bridgehead atoms. The lowest BCUT2D eigenvalue weighted by atomic mass is 10.2. The topological polar surface area (TPSA) is 76.3 Å². The van der Waals surface area contributed by atoms with Gasteiger partial charge < -0.3 is 10.4 Å². The highest BCUT2D eigenvalue weighted by Gasteiger charge is 2.23. The number of anilines is 1. The van der Waals surface area contributed by atoms with E-state index in [0.717, 1.165) is 12.1 Å². The molecule has 2 rings (SSSR count). The van der Waals surface area contributed by atoms with Crippen molar-refractivity contribution in [1.82, 2.24) is 9.13 Å². The highest BCUT2D eigenvalue weighted by atomic mass is 16.3. The van der Waals surface area contributed by atoms with E-state index in [1.54, 1.807) is 14.0 Å². The second-order valence-corrected chi connectivity index (χ2v) is 5.38. The minimum atomic E-state index is -0.345. The molecule has 0 saturated heterocycles. The molecule has 0 fully saturated rings. The van der Waals surface area contributed by atoms with E-state index in [0.29, 0.717) is 37.2 Å². The average molecular weight is 279 g/mol. The summed E-state index contributed by atoms with van der Waals surface area (Å²) < 4.78 is 2.74. The van der Waals surface area contributed by atoms with Gasteiger partial charge in [0, 0.05) is 25.7 Å². The molecule has 110 valence electrons. The predicted molar refractivity (Wildman–Crippen MR) is 77.9 cm³/mol. The summed E-state index contributed by atoms with van der Waals surface area (Å²) in [6.45, 7) is 5.92. The van der Waals surface area contributed by atoms with E-state index in [1.165, 1.54) is 9.13 Å². The van der Waals surface area contributed by atoms with E-state index in [1.807, 2.05) is 0 Å². The maximum Gasteiger partial charge on any atom is 0.332 e. The minimum Gasteiger partial charge on any atom is -0.393 e. The molecule has 1 aliphatic rings. The van der Waals surface area contributed by atoms with Gasteiger partial charge in [-0.3, -0.25) is 13.9 Å². The van der Waals surface area contributed by atoms with Gasteiger partial charge in [-0.05, 0) is 26.2 Å². The van der Waals surface area contributed by atoms with Crippen LogP contribution >= 0.6 is 0 Å². The van der Waals surface area contributed by atoms with Gasteiger partial charge in [0.1, 0.15) is 5.82 Å². The fourth-order valence-electron chi connectivity index (χ4n) is 2.48. The van der Waals surface area contributed by atoms with Crippen LogP contribution in [0.25, 0.3) is 0 Å². The average Bonchev–Trinajstić information content (AvgIpc) is 2.77. The maximum atomic E-state index is 12.3. The summed E-state index contributed by atoms with van der Waals surface area (Å²) in [6, 6.07) is 0. The predicted octanol–water partition coefficient (Wildman–Crippen LogP) is 0.580.